The molecule has 0 bridgehead atoms. The van der Waals surface area contributed by atoms with Crippen molar-refractivity contribution in [2.24, 2.45) is 0 Å². The van der Waals surface area contributed by atoms with Gasteiger partial charge in [0.05, 0.1) is 0 Å². The molecular formula is C9H24N2OS2. The van der Waals surface area contributed by atoms with Crippen LogP contribution in [0.4, 0.5) is 4.79 Å². The molecule has 5 heteroatoms. The van der Waals surface area contributed by atoms with Crippen molar-refractivity contribution < 1.29 is 4.79 Å². The molecule has 0 rings (SSSR count). The summed E-state index contributed by atoms with van der Waals surface area (Å²) in [4.78, 5) is 9.17. The van der Waals surface area contributed by atoms with Gasteiger partial charge in [-0.25, -0.2) is 0 Å². The lowest BCUT2D eigenvalue weighted by Gasteiger charge is -1.86. The van der Waals surface area contributed by atoms with Gasteiger partial charge in [-0.3, -0.25) is 4.79 Å². The third-order valence-corrected chi connectivity index (χ3v) is 1.000. The summed E-state index contributed by atoms with van der Waals surface area (Å²) < 4.78 is -0.444. The molecule has 0 aliphatic carbocycles. The zero-order valence-electron chi connectivity index (χ0n) is 9.63. The summed E-state index contributed by atoms with van der Waals surface area (Å²) in [6.45, 7) is 12.8. The summed E-state index contributed by atoms with van der Waals surface area (Å²) in [5, 5.41) is 6.22. The van der Waals surface area contributed by atoms with Gasteiger partial charge in [-0.1, -0.05) is 53.0 Å². The Morgan fingerprint density at radius 3 is 1.00 bits per heavy atom. The highest BCUT2D eigenvalue weighted by atomic mass is 32.2. The lowest BCUT2D eigenvalue weighted by atomic mass is 10.7. The highest BCUT2D eigenvalue weighted by Crippen LogP contribution is 1.81. The molecule has 0 aromatic heterocycles. The minimum absolute atomic E-state index is 0.444. The summed E-state index contributed by atoms with van der Waals surface area (Å²) in [5.41, 5.74) is 0. The third-order valence-electron chi connectivity index (χ3n) is 1.000. The van der Waals surface area contributed by atoms with Crippen LogP contribution in [-0.4, -0.2) is 30.6 Å². The predicted molar refractivity (Wildman–Crippen MR) is 71.8 cm³/mol. The minimum atomic E-state index is -0.444. The molecule has 0 unspecified atom stereocenters. The summed E-state index contributed by atoms with van der Waals surface area (Å²) in [7, 11) is 0. The SMILES string of the molecule is CCNCC.CCNCC.O=C(S)S. The van der Waals surface area contributed by atoms with Gasteiger partial charge in [-0.05, 0) is 26.2 Å². The molecule has 0 heterocycles. The fraction of sp³-hybridized carbons (Fsp3) is 0.889. The Balaban J connectivity index is -0.000000131. The van der Waals surface area contributed by atoms with Crippen molar-refractivity contribution in [3.8, 4) is 0 Å². The number of thiol groups is 2. The first-order chi connectivity index (χ1) is 6.56. The smallest absolute Gasteiger partial charge is 0.239 e. The van der Waals surface area contributed by atoms with Gasteiger partial charge in [0.25, 0.3) is 0 Å². The average molecular weight is 240 g/mol. The van der Waals surface area contributed by atoms with E-state index in [0.29, 0.717) is 0 Å². The van der Waals surface area contributed by atoms with E-state index in [9.17, 15) is 4.79 Å². The third kappa shape index (κ3) is 85.1. The Morgan fingerprint density at radius 1 is 0.857 bits per heavy atom. The molecule has 0 saturated heterocycles. The number of hydrogen-bond acceptors (Lipinski definition) is 3. The van der Waals surface area contributed by atoms with Gasteiger partial charge < -0.3 is 10.6 Å². The normalized spacial score (nSPS) is 7.86. The van der Waals surface area contributed by atoms with Crippen LogP contribution in [0.5, 0.6) is 0 Å². The summed E-state index contributed by atoms with van der Waals surface area (Å²) in [5.74, 6) is 0. The number of nitrogens with one attached hydrogen (secondary N) is 2. The van der Waals surface area contributed by atoms with E-state index >= 15 is 0 Å². The maximum Gasteiger partial charge on any atom is 0.239 e. The van der Waals surface area contributed by atoms with Crippen molar-refractivity contribution in [2.45, 2.75) is 27.7 Å². The van der Waals surface area contributed by atoms with Crippen molar-refractivity contribution in [3.05, 3.63) is 0 Å². The summed E-state index contributed by atoms with van der Waals surface area (Å²) in [6, 6.07) is 0. The fourth-order valence-corrected chi connectivity index (χ4v) is 0.500. The highest BCUT2D eigenvalue weighted by molar-refractivity contribution is 8.23. The fourth-order valence-electron chi connectivity index (χ4n) is 0.500. The first-order valence-electron chi connectivity index (χ1n) is 4.89. The Labute approximate surface area is 99.2 Å². The van der Waals surface area contributed by atoms with E-state index in [4.69, 9.17) is 0 Å². The van der Waals surface area contributed by atoms with Crippen molar-refractivity contribution >= 4 is 29.7 Å². The molecule has 0 radical (unpaired) electrons. The molecule has 0 amide bonds. The molecule has 2 N–H and O–H groups in total. The van der Waals surface area contributed by atoms with Gasteiger partial charge >= 0.3 is 0 Å². The van der Waals surface area contributed by atoms with Gasteiger partial charge in [0.1, 0.15) is 0 Å². The number of hydrogen-bond donors (Lipinski definition) is 4. The zero-order chi connectivity index (χ0) is 11.8. The lowest BCUT2D eigenvalue weighted by Crippen LogP contribution is -2.09. The van der Waals surface area contributed by atoms with Crippen molar-refractivity contribution in [3.63, 3.8) is 0 Å². The summed E-state index contributed by atoms with van der Waals surface area (Å²) in [6.07, 6.45) is 0. The monoisotopic (exact) mass is 240 g/mol. The molecule has 0 atom stereocenters. The van der Waals surface area contributed by atoms with E-state index < -0.39 is 4.45 Å². The van der Waals surface area contributed by atoms with Crippen molar-refractivity contribution in [1.82, 2.24) is 10.6 Å². The van der Waals surface area contributed by atoms with Crippen LogP contribution >= 0.6 is 25.3 Å². The zero-order valence-corrected chi connectivity index (χ0v) is 11.4. The molecule has 88 valence electrons. The molecule has 0 aliphatic heterocycles. The van der Waals surface area contributed by atoms with Gasteiger partial charge in [0, 0.05) is 0 Å². The van der Waals surface area contributed by atoms with Crippen LogP contribution in [0.1, 0.15) is 27.7 Å². The molecule has 14 heavy (non-hydrogen) atoms. The second kappa shape index (κ2) is 23.3. The highest BCUT2D eigenvalue weighted by Gasteiger charge is 1.65. The second-order valence-electron chi connectivity index (χ2n) is 2.20. The second-order valence-corrected chi connectivity index (χ2v) is 3.36. The largest absolute Gasteiger partial charge is 0.317 e. The lowest BCUT2D eigenvalue weighted by molar-refractivity contribution is 0.277. The first kappa shape index (κ1) is 19.8. The molecule has 0 fully saturated rings. The molecule has 0 aliphatic rings. The van der Waals surface area contributed by atoms with E-state index in [1.807, 2.05) is 0 Å². The average Bonchev–Trinajstić information content (AvgIpc) is 2.07. The van der Waals surface area contributed by atoms with Crippen LogP contribution in [0.25, 0.3) is 0 Å². The van der Waals surface area contributed by atoms with Crippen LogP contribution in [0.3, 0.4) is 0 Å². The van der Waals surface area contributed by atoms with Gasteiger partial charge in [-0.2, -0.15) is 0 Å². The van der Waals surface area contributed by atoms with Gasteiger partial charge in [-0.15, -0.1) is 0 Å². The van der Waals surface area contributed by atoms with E-state index in [1.165, 1.54) is 0 Å². The van der Waals surface area contributed by atoms with Crippen molar-refractivity contribution in [2.75, 3.05) is 26.2 Å². The van der Waals surface area contributed by atoms with E-state index in [0.717, 1.165) is 26.2 Å². The predicted octanol–water partition coefficient (Wildman–Crippen LogP) is 2.20. The number of carbonyl (C=O) groups excluding carboxylic acids is 1. The molecule has 0 aromatic rings. The Kier molecular flexibility index (Phi) is 32.9. The van der Waals surface area contributed by atoms with E-state index in [-0.39, 0.29) is 0 Å². The number of rotatable bonds is 4. The van der Waals surface area contributed by atoms with Crippen LogP contribution in [-0.2, 0) is 0 Å². The topological polar surface area (TPSA) is 41.1 Å². The minimum Gasteiger partial charge on any atom is -0.317 e. The Bertz CT molecular complexity index is 88.8. The molecule has 0 aromatic carbocycles. The Morgan fingerprint density at radius 2 is 1.00 bits per heavy atom. The van der Waals surface area contributed by atoms with Crippen LogP contribution in [0.15, 0.2) is 0 Å². The van der Waals surface area contributed by atoms with E-state index in [1.54, 1.807) is 0 Å². The molecular weight excluding hydrogens is 216 g/mol. The molecule has 0 spiro atoms. The standard InChI is InChI=1S/2C4H11N.CH2OS2/c2*1-3-5-4-2;2-1(3)4/h2*5H,3-4H2,1-2H3;(H2,2,3,4). The summed E-state index contributed by atoms with van der Waals surface area (Å²) >= 11 is 6.38. The Hall–Kier alpha value is 0.290. The maximum atomic E-state index is 9.17. The van der Waals surface area contributed by atoms with Crippen LogP contribution < -0.4 is 10.6 Å². The molecule has 3 nitrogen and oxygen atoms in total. The van der Waals surface area contributed by atoms with Crippen LogP contribution in [0, 0.1) is 0 Å². The molecule has 0 saturated carbocycles. The number of carbonyl (C=O) groups is 1. The first-order valence-corrected chi connectivity index (χ1v) is 5.79. The van der Waals surface area contributed by atoms with Gasteiger partial charge in [0.2, 0.25) is 4.45 Å². The van der Waals surface area contributed by atoms with Crippen molar-refractivity contribution in [1.29, 1.82) is 0 Å². The quantitative estimate of drug-likeness (QED) is 0.570. The van der Waals surface area contributed by atoms with Gasteiger partial charge in [0.15, 0.2) is 0 Å². The van der Waals surface area contributed by atoms with Crippen LogP contribution in [0.2, 0.25) is 0 Å². The maximum absolute atomic E-state index is 9.17. The van der Waals surface area contributed by atoms with E-state index in [2.05, 4.69) is 63.6 Å².